The first-order valence-corrected chi connectivity index (χ1v) is 11.5. The summed E-state index contributed by atoms with van der Waals surface area (Å²) in [6.07, 6.45) is 22.2. The zero-order valence-corrected chi connectivity index (χ0v) is 18.4. The van der Waals surface area contributed by atoms with Gasteiger partial charge in [-0.1, -0.05) is 124 Å². The highest BCUT2D eigenvalue weighted by molar-refractivity contribution is 5.80. The Hall–Kier alpha value is -0.570. The van der Waals surface area contributed by atoms with Crippen molar-refractivity contribution < 1.29 is 4.79 Å². The third-order valence-corrected chi connectivity index (χ3v) is 5.04. The Labute approximate surface area is 164 Å². The number of hydrazine groups is 1. The summed E-state index contributed by atoms with van der Waals surface area (Å²) in [5.74, 6) is 0.0639. The van der Waals surface area contributed by atoms with Gasteiger partial charge in [0.05, 0.1) is 0 Å². The topological polar surface area (TPSA) is 41.1 Å². The number of rotatable bonds is 18. The number of nitrogens with one attached hydrogen (secondary N) is 2. The van der Waals surface area contributed by atoms with Gasteiger partial charge in [0.2, 0.25) is 5.91 Å². The van der Waals surface area contributed by atoms with Crippen LogP contribution in [0.25, 0.3) is 0 Å². The Morgan fingerprint density at radius 2 is 0.962 bits per heavy atom. The summed E-state index contributed by atoms with van der Waals surface area (Å²) in [6.45, 7) is 8.95. The lowest BCUT2D eigenvalue weighted by Crippen LogP contribution is -2.44. The summed E-state index contributed by atoms with van der Waals surface area (Å²) in [6, 6.07) is 0. The average molecular weight is 369 g/mol. The van der Waals surface area contributed by atoms with Crippen LogP contribution in [0.4, 0.5) is 0 Å². The fourth-order valence-corrected chi connectivity index (χ4v) is 3.09. The first-order valence-electron chi connectivity index (χ1n) is 11.5. The summed E-state index contributed by atoms with van der Waals surface area (Å²) in [4.78, 5) is 11.7. The molecule has 156 valence electrons. The molecule has 26 heavy (non-hydrogen) atoms. The van der Waals surface area contributed by atoms with E-state index in [1.165, 1.54) is 96.3 Å². The van der Waals surface area contributed by atoms with Crippen molar-refractivity contribution >= 4 is 5.91 Å². The Morgan fingerprint density at radius 1 is 0.615 bits per heavy atom. The lowest BCUT2D eigenvalue weighted by Gasteiger charge is -2.17. The van der Waals surface area contributed by atoms with Gasteiger partial charge in [0.25, 0.3) is 0 Å². The summed E-state index contributed by atoms with van der Waals surface area (Å²) in [5, 5.41) is 0. The molecule has 0 unspecified atom stereocenters. The molecule has 3 heteroatoms. The van der Waals surface area contributed by atoms with E-state index in [1.807, 2.05) is 20.8 Å². The number of amides is 1. The first kappa shape index (κ1) is 25.4. The molecule has 0 saturated heterocycles. The van der Waals surface area contributed by atoms with Gasteiger partial charge in [-0.15, -0.1) is 0 Å². The molecule has 2 N–H and O–H groups in total. The fourth-order valence-electron chi connectivity index (χ4n) is 3.09. The number of carbonyl (C=O) groups is 1. The van der Waals surface area contributed by atoms with Gasteiger partial charge in [-0.3, -0.25) is 10.2 Å². The third kappa shape index (κ3) is 18.2. The van der Waals surface area contributed by atoms with E-state index in [0.29, 0.717) is 0 Å². The predicted octanol–water partition coefficient (Wildman–Crippen LogP) is 6.91. The zero-order chi connectivity index (χ0) is 19.5. The number of carbonyl (C=O) groups excluding carboxylic acids is 1. The highest BCUT2D eigenvalue weighted by atomic mass is 16.2. The van der Waals surface area contributed by atoms with E-state index in [4.69, 9.17) is 0 Å². The van der Waals surface area contributed by atoms with Gasteiger partial charge in [0, 0.05) is 12.0 Å². The molecule has 0 heterocycles. The largest absolute Gasteiger partial charge is 0.291 e. The quantitative estimate of drug-likeness (QED) is 0.204. The second-order valence-corrected chi connectivity index (χ2v) is 8.93. The van der Waals surface area contributed by atoms with E-state index in [0.717, 1.165) is 13.0 Å². The van der Waals surface area contributed by atoms with Crippen molar-refractivity contribution in [3.05, 3.63) is 0 Å². The molecular formula is C23H48N2O. The van der Waals surface area contributed by atoms with Crippen molar-refractivity contribution in [2.45, 2.75) is 130 Å². The summed E-state index contributed by atoms with van der Waals surface area (Å²) in [5.41, 5.74) is 5.51. The second kappa shape index (κ2) is 17.8. The van der Waals surface area contributed by atoms with Crippen molar-refractivity contribution in [2.75, 3.05) is 6.54 Å². The van der Waals surface area contributed by atoms with Crippen molar-refractivity contribution in [2.24, 2.45) is 5.41 Å². The highest BCUT2D eigenvalue weighted by Gasteiger charge is 2.20. The van der Waals surface area contributed by atoms with Gasteiger partial charge in [-0.05, 0) is 6.42 Å². The van der Waals surface area contributed by atoms with Crippen LogP contribution in [0, 0.1) is 5.41 Å². The Bertz CT molecular complexity index is 310. The Morgan fingerprint density at radius 3 is 1.31 bits per heavy atom. The molecule has 0 aromatic heterocycles. The average Bonchev–Trinajstić information content (AvgIpc) is 2.59. The third-order valence-electron chi connectivity index (χ3n) is 5.04. The van der Waals surface area contributed by atoms with E-state index in [-0.39, 0.29) is 11.3 Å². The summed E-state index contributed by atoms with van der Waals surface area (Å²) in [7, 11) is 0. The molecule has 0 aromatic carbocycles. The number of unbranched alkanes of at least 4 members (excludes halogenated alkanes) is 15. The molecule has 0 saturated carbocycles. The van der Waals surface area contributed by atoms with E-state index < -0.39 is 0 Å². The van der Waals surface area contributed by atoms with Gasteiger partial charge < -0.3 is 0 Å². The molecule has 0 bridgehead atoms. The SMILES string of the molecule is CCCCCCCCCCCCCCCCCCNNC(=O)C(C)(C)C. The first-order chi connectivity index (χ1) is 12.5. The van der Waals surface area contributed by atoms with Gasteiger partial charge >= 0.3 is 0 Å². The molecule has 1 amide bonds. The van der Waals surface area contributed by atoms with Gasteiger partial charge in [0.15, 0.2) is 0 Å². The van der Waals surface area contributed by atoms with Gasteiger partial charge in [-0.2, -0.15) is 0 Å². The second-order valence-electron chi connectivity index (χ2n) is 8.93. The van der Waals surface area contributed by atoms with Crippen molar-refractivity contribution in [1.82, 2.24) is 10.9 Å². The van der Waals surface area contributed by atoms with E-state index >= 15 is 0 Å². The molecule has 0 aliphatic carbocycles. The molecular weight excluding hydrogens is 320 g/mol. The normalized spacial score (nSPS) is 11.7. The maximum absolute atomic E-state index is 11.7. The van der Waals surface area contributed by atoms with Crippen LogP contribution in [0.15, 0.2) is 0 Å². The fraction of sp³-hybridized carbons (Fsp3) is 0.957. The van der Waals surface area contributed by atoms with Crippen LogP contribution in [0.3, 0.4) is 0 Å². The minimum Gasteiger partial charge on any atom is -0.291 e. The van der Waals surface area contributed by atoms with Crippen LogP contribution < -0.4 is 10.9 Å². The summed E-state index contributed by atoms with van der Waals surface area (Å²) >= 11 is 0. The maximum atomic E-state index is 11.7. The van der Waals surface area contributed by atoms with Crippen LogP contribution in [0.1, 0.15) is 130 Å². The molecule has 0 aliphatic rings. The minimum absolute atomic E-state index is 0.0639. The Kier molecular flexibility index (Phi) is 17.4. The molecule has 3 nitrogen and oxygen atoms in total. The van der Waals surface area contributed by atoms with Crippen LogP contribution in [0.2, 0.25) is 0 Å². The number of hydrogen-bond acceptors (Lipinski definition) is 2. The standard InChI is InChI=1S/C23H48N2O/c1-5-6-7-8-9-10-11-12-13-14-15-16-17-18-19-20-21-24-25-22(26)23(2,3)4/h24H,5-21H2,1-4H3,(H,25,26). The van der Waals surface area contributed by atoms with Gasteiger partial charge in [-0.25, -0.2) is 5.43 Å². The maximum Gasteiger partial charge on any atom is 0.239 e. The minimum atomic E-state index is -0.318. The van der Waals surface area contributed by atoms with Gasteiger partial charge in [0.1, 0.15) is 0 Å². The van der Waals surface area contributed by atoms with E-state index in [1.54, 1.807) is 0 Å². The monoisotopic (exact) mass is 368 g/mol. The molecule has 0 fully saturated rings. The van der Waals surface area contributed by atoms with Crippen LogP contribution in [-0.4, -0.2) is 12.5 Å². The molecule has 0 spiro atoms. The molecule has 0 radical (unpaired) electrons. The zero-order valence-electron chi connectivity index (χ0n) is 18.4. The molecule has 0 aromatic rings. The van der Waals surface area contributed by atoms with E-state index in [9.17, 15) is 4.79 Å². The van der Waals surface area contributed by atoms with Crippen LogP contribution in [0.5, 0.6) is 0 Å². The molecule has 0 aliphatic heterocycles. The highest BCUT2D eigenvalue weighted by Crippen LogP contribution is 2.14. The molecule has 0 atom stereocenters. The van der Waals surface area contributed by atoms with Crippen molar-refractivity contribution in [3.63, 3.8) is 0 Å². The summed E-state index contributed by atoms with van der Waals surface area (Å²) < 4.78 is 0. The van der Waals surface area contributed by atoms with E-state index in [2.05, 4.69) is 17.8 Å². The van der Waals surface area contributed by atoms with Crippen molar-refractivity contribution in [3.8, 4) is 0 Å². The number of hydrogen-bond donors (Lipinski definition) is 2. The molecule has 0 rings (SSSR count). The van der Waals surface area contributed by atoms with Crippen molar-refractivity contribution in [1.29, 1.82) is 0 Å². The van der Waals surface area contributed by atoms with Crippen LogP contribution in [-0.2, 0) is 4.79 Å². The lowest BCUT2D eigenvalue weighted by atomic mass is 9.96. The van der Waals surface area contributed by atoms with Crippen LogP contribution >= 0.6 is 0 Å². The Balaban J connectivity index is 3.10. The smallest absolute Gasteiger partial charge is 0.239 e. The predicted molar refractivity (Wildman–Crippen MR) is 115 cm³/mol. The lowest BCUT2D eigenvalue weighted by molar-refractivity contribution is -0.129.